The summed E-state index contributed by atoms with van der Waals surface area (Å²) in [6.45, 7) is 3.10. The van der Waals surface area contributed by atoms with Crippen molar-refractivity contribution in [3.63, 3.8) is 0 Å². The predicted molar refractivity (Wildman–Crippen MR) is 74.9 cm³/mol. The second kappa shape index (κ2) is 6.22. The van der Waals surface area contributed by atoms with Gasteiger partial charge in [0.15, 0.2) is 5.75 Å². The molecule has 96 valence electrons. The summed E-state index contributed by atoms with van der Waals surface area (Å²) in [4.78, 5) is 0. The van der Waals surface area contributed by atoms with E-state index in [0.29, 0.717) is 15.8 Å². The molecule has 18 heavy (non-hydrogen) atoms. The van der Waals surface area contributed by atoms with Crippen LogP contribution in [0.1, 0.15) is 12.6 Å². The van der Waals surface area contributed by atoms with E-state index in [-0.39, 0.29) is 6.61 Å². The van der Waals surface area contributed by atoms with Gasteiger partial charge in [0.25, 0.3) is 0 Å². The lowest BCUT2D eigenvalue weighted by atomic mass is 10.3. The molecule has 0 aliphatic rings. The normalized spacial score (nSPS) is 10.4. The molecular weight excluding hydrogens is 293 g/mol. The molecule has 0 spiro atoms. The molecule has 4 nitrogen and oxygen atoms in total. The van der Waals surface area contributed by atoms with Gasteiger partial charge in [-0.1, -0.05) is 33.8 Å². The summed E-state index contributed by atoms with van der Waals surface area (Å²) < 4.78 is 9.48. The highest BCUT2D eigenvalue weighted by molar-refractivity contribution is 7.10. The number of rotatable bonds is 5. The second-order valence-corrected chi connectivity index (χ2v) is 4.99. The van der Waals surface area contributed by atoms with Crippen LogP contribution in [0.15, 0.2) is 18.2 Å². The molecule has 0 aliphatic heterocycles. The quantitative estimate of drug-likeness (QED) is 0.911. The lowest BCUT2D eigenvalue weighted by Crippen LogP contribution is -2.02. The Labute approximate surface area is 119 Å². The Morgan fingerprint density at radius 1 is 1.33 bits per heavy atom. The van der Waals surface area contributed by atoms with Gasteiger partial charge >= 0.3 is 0 Å². The minimum atomic E-state index is 0.280. The van der Waals surface area contributed by atoms with Gasteiger partial charge in [-0.25, -0.2) is 0 Å². The molecule has 0 aliphatic carbocycles. The van der Waals surface area contributed by atoms with Crippen LogP contribution in [-0.2, 0) is 6.61 Å². The van der Waals surface area contributed by atoms with Gasteiger partial charge in [-0.3, -0.25) is 0 Å². The topological polar surface area (TPSA) is 47.0 Å². The minimum absolute atomic E-state index is 0.280. The fourth-order valence-electron chi connectivity index (χ4n) is 1.36. The van der Waals surface area contributed by atoms with Crippen LogP contribution in [0.25, 0.3) is 0 Å². The van der Waals surface area contributed by atoms with Gasteiger partial charge in [0.2, 0.25) is 0 Å². The van der Waals surface area contributed by atoms with Crippen LogP contribution < -0.4 is 10.1 Å². The highest BCUT2D eigenvalue weighted by Gasteiger charge is 2.11. The molecular formula is C11H11Cl2N3OS. The standard InChI is InChI=1S/C11H11Cl2N3OS/c1-2-14-11-9(15-16-18-11)6-17-10-7(12)4-3-5-8(10)13/h3-5,14H,2,6H2,1H3. The molecule has 0 atom stereocenters. The Bertz CT molecular complexity index is 513. The number of nitrogens with one attached hydrogen (secondary N) is 1. The Kier molecular flexibility index (Phi) is 4.63. The van der Waals surface area contributed by atoms with Crippen LogP contribution in [0.2, 0.25) is 10.0 Å². The van der Waals surface area contributed by atoms with E-state index in [1.54, 1.807) is 18.2 Å². The van der Waals surface area contributed by atoms with Gasteiger partial charge in [0, 0.05) is 18.1 Å². The predicted octanol–water partition coefficient (Wildman–Crippen LogP) is 3.86. The second-order valence-electron chi connectivity index (χ2n) is 3.42. The zero-order valence-corrected chi connectivity index (χ0v) is 11.9. The average molecular weight is 304 g/mol. The molecule has 2 aromatic rings. The van der Waals surface area contributed by atoms with E-state index in [4.69, 9.17) is 27.9 Å². The number of anilines is 1. The van der Waals surface area contributed by atoms with E-state index >= 15 is 0 Å². The molecule has 7 heteroatoms. The maximum Gasteiger partial charge on any atom is 0.157 e. The Balaban J connectivity index is 2.09. The molecule has 1 aromatic carbocycles. The van der Waals surface area contributed by atoms with E-state index in [2.05, 4.69) is 14.9 Å². The number of nitrogens with zero attached hydrogens (tertiary/aromatic N) is 2. The number of benzene rings is 1. The van der Waals surface area contributed by atoms with Crippen LogP contribution in [0, 0.1) is 0 Å². The lowest BCUT2D eigenvalue weighted by molar-refractivity contribution is 0.302. The first-order chi connectivity index (χ1) is 8.72. The van der Waals surface area contributed by atoms with Crippen molar-refractivity contribution in [2.24, 2.45) is 0 Å². The van der Waals surface area contributed by atoms with E-state index in [0.717, 1.165) is 17.2 Å². The summed E-state index contributed by atoms with van der Waals surface area (Å²) in [5.41, 5.74) is 0.748. The molecule has 0 radical (unpaired) electrons. The van der Waals surface area contributed by atoms with Crippen molar-refractivity contribution in [3.8, 4) is 5.75 Å². The summed E-state index contributed by atoms with van der Waals surface area (Å²) in [7, 11) is 0. The van der Waals surface area contributed by atoms with E-state index < -0.39 is 0 Å². The fourth-order valence-corrected chi connectivity index (χ4v) is 2.50. The lowest BCUT2D eigenvalue weighted by Gasteiger charge is -2.09. The van der Waals surface area contributed by atoms with Crippen molar-refractivity contribution in [2.75, 3.05) is 11.9 Å². The zero-order valence-electron chi connectivity index (χ0n) is 9.61. The molecule has 0 fully saturated rings. The molecule has 0 unspecified atom stereocenters. The summed E-state index contributed by atoms with van der Waals surface area (Å²) in [6.07, 6.45) is 0. The maximum absolute atomic E-state index is 6.01. The van der Waals surface area contributed by atoms with Crippen molar-refractivity contribution < 1.29 is 4.74 Å². The van der Waals surface area contributed by atoms with Gasteiger partial charge in [0.1, 0.15) is 17.3 Å². The van der Waals surface area contributed by atoms with Crippen LogP contribution in [0.4, 0.5) is 5.00 Å². The zero-order chi connectivity index (χ0) is 13.0. The fraction of sp³-hybridized carbons (Fsp3) is 0.273. The molecule has 0 saturated carbocycles. The number of hydrogen-bond acceptors (Lipinski definition) is 5. The number of ether oxygens (including phenoxy) is 1. The Hall–Kier alpha value is -1.04. The van der Waals surface area contributed by atoms with Crippen molar-refractivity contribution >= 4 is 39.7 Å². The highest BCUT2D eigenvalue weighted by atomic mass is 35.5. The first kappa shape index (κ1) is 13.4. The summed E-state index contributed by atoms with van der Waals surface area (Å²) in [6, 6.07) is 5.23. The van der Waals surface area contributed by atoms with Crippen molar-refractivity contribution in [2.45, 2.75) is 13.5 Å². The van der Waals surface area contributed by atoms with E-state index in [1.807, 2.05) is 6.92 Å². The monoisotopic (exact) mass is 303 g/mol. The van der Waals surface area contributed by atoms with Crippen LogP contribution >= 0.6 is 34.7 Å². The molecule has 0 saturated heterocycles. The van der Waals surface area contributed by atoms with Gasteiger partial charge < -0.3 is 10.1 Å². The SMILES string of the molecule is CCNc1snnc1COc1c(Cl)cccc1Cl. The first-order valence-corrected chi connectivity index (χ1v) is 6.87. The van der Waals surface area contributed by atoms with Crippen molar-refractivity contribution in [1.29, 1.82) is 0 Å². The van der Waals surface area contributed by atoms with Gasteiger partial charge in [-0.2, -0.15) is 0 Å². The Morgan fingerprint density at radius 3 is 2.72 bits per heavy atom. The van der Waals surface area contributed by atoms with Crippen molar-refractivity contribution in [1.82, 2.24) is 9.59 Å². The van der Waals surface area contributed by atoms with Crippen LogP contribution in [0.5, 0.6) is 5.75 Å². The molecule has 0 amide bonds. The summed E-state index contributed by atoms with van der Waals surface area (Å²) in [5, 5.41) is 9.04. The molecule has 1 aromatic heterocycles. The molecule has 2 rings (SSSR count). The van der Waals surface area contributed by atoms with E-state index in [1.165, 1.54) is 11.5 Å². The molecule has 1 N–H and O–H groups in total. The average Bonchev–Trinajstić information content (AvgIpc) is 2.77. The van der Waals surface area contributed by atoms with E-state index in [9.17, 15) is 0 Å². The van der Waals surface area contributed by atoms with Gasteiger partial charge in [0.05, 0.1) is 10.0 Å². The number of para-hydroxylation sites is 1. The van der Waals surface area contributed by atoms with Gasteiger partial charge in [-0.15, -0.1) is 5.10 Å². The minimum Gasteiger partial charge on any atom is -0.484 e. The smallest absolute Gasteiger partial charge is 0.157 e. The van der Waals surface area contributed by atoms with Gasteiger partial charge in [-0.05, 0) is 19.1 Å². The van der Waals surface area contributed by atoms with Crippen molar-refractivity contribution in [3.05, 3.63) is 33.9 Å². The Morgan fingerprint density at radius 2 is 2.06 bits per heavy atom. The number of aromatic nitrogens is 2. The summed E-state index contributed by atoms with van der Waals surface area (Å²) in [5.74, 6) is 0.469. The van der Waals surface area contributed by atoms with Crippen LogP contribution in [0.3, 0.4) is 0 Å². The summed E-state index contributed by atoms with van der Waals surface area (Å²) >= 11 is 13.3. The largest absolute Gasteiger partial charge is 0.484 e. The van der Waals surface area contributed by atoms with Crippen LogP contribution in [-0.4, -0.2) is 16.1 Å². The first-order valence-electron chi connectivity index (χ1n) is 5.34. The molecule has 0 bridgehead atoms. The third-order valence-electron chi connectivity index (χ3n) is 2.17. The number of halogens is 2. The third kappa shape index (κ3) is 3.04. The number of hydrogen-bond donors (Lipinski definition) is 1. The maximum atomic E-state index is 6.01. The highest BCUT2D eigenvalue weighted by Crippen LogP contribution is 2.33. The molecule has 1 heterocycles. The third-order valence-corrected chi connectivity index (χ3v) is 3.49.